The summed E-state index contributed by atoms with van der Waals surface area (Å²) < 4.78 is 0. The van der Waals surface area contributed by atoms with Gasteiger partial charge in [-0.3, -0.25) is 0 Å². The lowest BCUT2D eigenvalue weighted by Gasteiger charge is -2.23. The highest BCUT2D eigenvalue weighted by Gasteiger charge is 2.36. The molecule has 0 aliphatic heterocycles. The fourth-order valence-corrected chi connectivity index (χ4v) is 9.34. The minimum absolute atomic E-state index is 0.123. The Morgan fingerprint density at radius 3 is 1.49 bits per heavy atom. The minimum atomic E-state index is -0.123. The highest BCUT2D eigenvalue weighted by atomic mass is 14.9. The zero-order chi connectivity index (χ0) is 40.9. The second kappa shape index (κ2) is 14.9. The van der Waals surface area contributed by atoms with E-state index in [1.807, 2.05) is 18.2 Å². The maximum absolute atomic E-state index is 5.20. The average Bonchev–Trinajstić information content (AvgIpc) is 3.56. The molecule has 0 unspecified atom stereocenters. The van der Waals surface area contributed by atoms with Crippen LogP contribution in [0.3, 0.4) is 0 Å². The van der Waals surface area contributed by atoms with Crippen molar-refractivity contribution < 1.29 is 0 Å². The summed E-state index contributed by atoms with van der Waals surface area (Å²) in [6, 6.07) is 78.7. The molecule has 1 aliphatic rings. The summed E-state index contributed by atoms with van der Waals surface area (Å²) in [4.78, 5) is 10.4. The fraction of sp³-hybridized carbons (Fsp3) is 0.0508. The van der Waals surface area contributed by atoms with Gasteiger partial charge in [-0.1, -0.05) is 196 Å². The topological polar surface area (TPSA) is 25.8 Å². The van der Waals surface area contributed by atoms with Gasteiger partial charge in [-0.05, 0) is 114 Å². The van der Waals surface area contributed by atoms with E-state index in [-0.39, 0.29) is 5.41 Å². The molecule has 1 aliphatic carbocycles. The smallest absolute Gasteiger partial charge is 0.160 e. The molecule has 288 valence electrons. The summed E-state index contributed by atoms with van der Waals surface area (Å²) in [6.07, 6.45) is 0. The molecule has 2 nitrogen and oxygen atoms in total. The molecule has 9 aromatic carbocycles. The molecule has 0 N–H and O–H groups in total. The minimum Gasteiger partial charge on any atom is -0.228 e. The molecule has 11 rings (SSSR count). The van der Waals surface area contributed by atoms with Gasteiger partial charge in [-0.2, -0.15) is 0 Å². The number of fused-ring (bicyclic) bond motifs is 4. The summed E-state index contributed by atoms with van der Waals surface area (Å²) in [7, 11) is 0. The summed E-state index contributed by atoms with van der Waals surface area (Å²) in [5, 5.41) is 2.50. The van der Waals surface area contributed by atoms with Crippen LogP contribution in [0.25, 0.3) is 100 Å². The van der Waals surface area contributed by atoms with Crippen molar-refractivity contribution in [2.24, 2.45) is 0 Å². The fourth-order valence-electron chi connectivity index (χ4n) is 9.34. The maximum atomic E-state index is 5.20. The Kier molecular flexibility index (Phi) is 8.86. The molecular formula is C59H42N2. The Morgan fingerprint density at radius 1 is 0.295 bits per heavy atom. The maximum Gasteiger partial charge on any atom is 0.160 e. The molecule has 0 radical (unpaired) electrons. The largest absolute Gasteiger partial charge is 0.228 e. The summed E-state index contributed by atoms with van der Waals surface area (Å²) in [6.45, 7) is 4.73. The van der Waals surface area contributed by atoms with E-state index in [9.17, 15) is 0 Å². The molecule has 1 heterocycles. The van der Waals surface area contributed by atoms with Gasteiger partial charge in [0.2, 0.25) is 0 Å². The van der Waals surface area contributed by atoms with Crippen molar-refractivity contribution in [1.29, 1.82) is 0 Å². The molecule has 0 spiro atoms. The van der Waals surface area contributed by atoms with Crippen LogP contribution in [0, 0.1) is 0 Å². The van der Waals surface area contributed by atoms with E-state index in [0.717, 1.165) is 44.8 Å². The SMILES string of the molecule is CC1(C)c2ccccc2-c2cc(-c3cccc4ccccc34)c(-c3cccc(-c4cccc(-c5cc(-c6cccc(-c7ccccc7)c6)nc(-c6ccccc6)n5)c4)c3)cc21. The van der Waals surface area contributed by atoms with Crippen LogP contribution in [0.1, 0.15) is 25.0 Å². The Hall–Kier alpha value is -7.68. The van der Waals surface area contributed by atoms with Gasteiger partial charge in [0.15, 0.2) is 5.82 Å². The van der Waals surface area contributed by atoms with E-state index in [1.165, 1.54) is 60.8 Å². The lowest BCUT2D eigenvalue weighted by Crippen LogP contribution is -2.15. The quantitative estimate of drug-likeness (QED) is 0.161. The van der Waals surface area contributed by atoms with Crippen LogP contribution in [0.5, 0.6) is 0 Å². The highest BCUT2D eigenvalue weighted by Crippen LogP contribution is 2.52. The zero-order valence-corrected chi connectivity index (χ0v) is 34.2. The first kappa shape index (κ1) is 36.4. The van der Waals surface area contributed by atoms with E-state index >= 15 is 0 Å². The number of aromatic nitrogens is 2. The number of rotatable bonds is 7. The van der Waals surface area contributed by atoms with Crippen molar-refractivity contribution in [3.8, 4) is 89.5 Å². The normalized spacial score (nSPS) is 12.6. The third-order valence-electron chi connectivity index (χ3n) is 12.5. The monoisotopic (exact) mass is 778 g/mol. The summed E-state index contributed by atoms with van der Waals surface area (Å²) in [5.74, 6) is 0.702. The number of nitrogens with zero attached hydrogens (tertiary/aromatic N) is 2. The molecule has 61 heavy (non-hydrogen) atoms. The molecule has 10 aromatic rings. The van der Waals surface area contributed by atoms with E-state index in [4.69, 9.17) is 9.97 Å². The molecule has 0 bridgehead atoms. The van der Waals surface area contributed by atoms with Crippen LogP contribution in [-0.4, -0.2) is 9.97 Å². The molecule has 0 atom stereocenters. The second-order valence-corrected chi connectivity index (χ2v) is 16.6. The van der Waals surface area contributed by atoms with E-state index < -0.39 is 0 Å². The molecule has 0 fully saturated rings. The van der Waals surface area contributed by atoms with Crippen LogP contribution >= 0.6 is 0 Å². The van der Waals surface area contributed by atoms with Crippen molar-refractivity contribution in [1.82, 2.24) is 9.97 Å². The third-order valence-corrected chi connectivity index (χ3v) is 12.5. The van der Waals surface area contributed by atoms with Crippen LogP contribution in [0.15, 0.2) is 218 Å². The van der Waals surface area contributed by atoms with E-state index in [1.54, 1.807) is 0 Å². The van der Waals surface area contributed by atoms with Gasteiger partial charge in [0.25, 0.3) is 0 Å². The predicted octanol–water partition coefficient (Wildman–Crippen LogP) is 15.6. The number of hydrogen-bond donors (Lipinski definition) is 0. The first-order valence-electron chi connectivity index (χ1n) is 21.1. The van der Waals surface area contributed by atoms with Gasteiger partial charge in [-0.15, -0.1) is 0 Å². The lowest BCUT2D eigenvalue weighted by atomic mass is 9.80. The van der Waals surface area contributed by atoms with Gasteiger partial charge in [0.05, 0.1) is 11.4 Å². The Bertz CT molecular complexity index is 3270. The molecule has 0 amide bonds. The Morgan fingerprint density at radius 2 is 0.787 bits per heavy atom. The predicted molar refractivity (Wildman–Crippen MR) is 255 cm³/mol. The zero-order valence-electron chi connectivity index (χ0n) is 34.2. The van der Waals surface area contributed by atoms with Crippen LogP contribution in [0.4, 0.5) is 0 Å². The van der Waals surface area contributed by atoms with Gasteiger partial charge in [0, 0.05) is 22.1 Å². The first-order chi connectivity index (χ1) is 30.0. The van der Waals surface area contributed by atoms with Crippen molar-refractivity contribution in [3.63, 3.8) is 0 Å². The molecule has 2 heteroatoms. The highest BCUT2D eigenvalue weighted by molar-refractivity contribution is 6.03. The van der Waals surface area contributed by atoms with Crippen molar-refractivity contribution in [2.75, 3.05) is 0 Å². The molecule has 0 saturated heterocycles. The van der Waals surface area contributed by atoms with Gasteiger partial charge >= 0.3 is 0 Å². The second-order valence-electron chi connectivity index (χ2n) is 16.6. The summed E-state index contributed by atoms with van der Waals surface area (Å²) in [5.41, 5.74) is 19.6. The van der Waals surface area contributed by atoms with Gasteiger partial charge in [0.1, 0.15) is 0 Å². The van der Waals surface area contributed by atoms with Crippen LogP contribution in [0.2, 0.25) is 0 Å². The van der Waals surface area contributed by atoms with E-state index in [0.29, 0.717) is 5.82 Å². The van der Waals surface area contributed by atoms with Gasteiger partial charge < -0.3 is 0 Å². The molecular weight excluding hydrogens is 737 g/mol. The van der Waals surface area contributed by atoms with Gasteiger partial charge in [-0.25, -0.2) is 9.97 Å². The van der Waals surface area contributed by atoms with Crippen molar-refractivity contribution in [3.05, 3.63) is 230 Å². The van der Waals surface area contributed by atoms with Crippen molar-refractivity contribution >= 4 is 10.8 Å². The molecule has 1 aromatic heterocycles. The summed E-state index contributed by atoms with van der Waals surface area (Å²) >= 11 is 0. The standard InChI is InChI=1S/C59H42N2/c1-59(2)54-32-12-11-30-50(54)53-36-52(49-31-16-22-40-19-9-10-29-48(40)49)51(37-55(53)59)45-26-13-24-43(33-45)44-25-15-28-47(35-44)57-38-56(60-58(61-57)41-20-7-4-8-21-41)46-27-14-23-42(34-46)39-17-5-3-6-18-39/h3-38H,1-2H3. The average molecular weight is 779 g/mol. The van der Waals surface area contributed by atoms with Crippen LogP contribution < -0.4 is 0 Å². The van der Waals surface area contributed by atoms with Crippen molar-refractivity contribution in [2.45, 2.75) is 19.3 Å². The number of benzene rings is 9. The first-order valence-corrected chi connectivity index (χ1v) is 21.1. The molecule has 0 saturated carbocycles. The van der Waals surface area contributed by atoms with E-state index in [2.05, 4.69) is 214 Å². The number of hydrogen-bond acceptors (Lipinski definition) is 2. The third kappa shape index (κ3) is 6.54. The Labute approximate surface area is 357 Å². The lowest BCUT2D eigenvalue weighted by molar-refractivity contribution is 0.660. The Balaban J connectivity index is 1.04. The van der Waals surface area contributed by atoms with Crippen LogP contribution in [-0.2, 0) is 5.41 Å².